The Morgan fingerprint density at radius 3 is 2.85 bits per heavy atom. The van der Waals surface area contributed by atoms with Crippen LogP contribution in [0.25, 0.3) is 6.08 Å². The third kappa shape index (κ3) is 4.85. The molecule has 0 radical (unpaired) electrons. The molecule has 1 aliphatic carbocycles. The number of ether oxygens (including phenoxy) is 2. The number of rotatable bonds is 7. The summed E-state index contributed by atoms with van der Waals surface area (Å²) in [5.74, 6) is 1.31. The van der Waals surface area contributed by atoms with Crippen molar-refractivity contribution in [3.8, 4) is 11.5 Å². The van der Waals surface area contributed by atoms with Crippen molar-refractivity contribution < 1.29 is 14.3 Å². The highest BCUT2D eigenvalue weighted by Crippen LogP contribution is 2.33. The third-order valence-electron chi connectivity index (χ3n) is 4.50. The summed E-state index contributed by atoms with van der Waals surface area (Å²) in [4.78, 5) is 16.2. The molecule has 2 aromatic rings. The van der Waals surface area contributed by atoms with Crippen LogP contribution in [-0.2, 0) is 4.79 Å². The van der Waals surface area contributed by atoms with Gasteiger partial charge in [0, 0.05) is 11.5 Å². The highest BCUT2D eigenvalue weighted by molar-refractivity contribution is 7.07. The van der Waals surface area contributed by atoms with Crippen LogP contribution < -0.4 is 14.8 Å². The molecule has 1 aliphatic rings. The van der Waals surface area contributed by atoms with E-state index < -0.39 is 0 Å². The number of hydrogen-bond donors (Lipinski definition) is 1. The van der Waals surface area contributed by atoms with Crippen molar-refractivity contribution in [2.75, 3.05) is 7.11 Å². The number of carbonyl (C=O) groups is 1. The lowest BCUT2D eigenvalue weighted by Gasteiger charge is -2.19. The first-order valence-electron chi connectivity index (χ1n) is 8.87. The van der Waals surface area contributed by atoms with Crippen LogP contribution in [0.2, 0.25) is 0 Å². The van der Waals surface area contributed by atoms with Crippen LogP contribution in [-0.4, -0.2) is 24.1 Å². The highest BCUT2D eigenvalue weighted by Gasteiger charge is 2.19. The number of nitrogens with zero attached hydrogens (tertiary/aromatic N) is 1. The van der Waals surface area contributed by atoms with E-state index in [0.717, 1.165) is 29.8 Å². The predicted molar refractivity (Wildman–Crippen MR) is 104 cm³/mol. The number of hydrogen-bond acceptors (Lipinski definition) is 5. The first kappa shape index (κ1) is 18.5. The van der Waals surface area contributed by atoms with Gasteiger partial charge in [0.2, 0.25) is 5.91 Å². The number of benzene rings is 1. The summed E-state index contributed by atoms with van der Waals surface area (Å²) in [6.07, 6.45) is 8.14. The van der Waals surface area contributed by atoms with Crippen molar-refractivity contribution in [1.82, 2.24) is 10.3 Å². The standard InChI is InChI=1S/C20H24N2O3S/c1-14(22-20(23)10-8-16-12-26-13-21-16)15-7-9-18(19(11-15)24-2)25-17-5-3-4-6-17/h7-14,17H,3-6H2,1-2H3,(H,22,23)/b10-8+. The van der Waals surface area contributed by atoms with Crippen molar-refractivity contribution in [2.45, 2.75) is 44.8 Å². The van der Waals surface area contributed by atoms with Crippen molar-refractivity contribution in [2.24, 2.45) is 0 Å². The van der Waals surface area contributed by atoms with Crippen LogP contribution in [0, 0.1) is 0 Å². The lowest BCUT2D eigenvalue weighted by atomic mass is 10.1. The second-order valence-electron chi connectivity index (χ2n) is 6.41. The van der Waals surface area contributed by atoms with E-state index in [9.17, 15) is 4.79 Å². The Bertz CT molecular complexity index is 752. The topological polar surface area (TPSA) is 60.5 Å². The van der Waals surface area contributed by atoms with Gasteiger partial charge in [-0.25, -0.2) is 4.98 Å². The molecule has 0 aliphatic heterocycles. The minimum absolute atomic E-state index is 0.142. The molecule has 1 aromatic heterocycles. The predicted octanol–water partition coefficient (Wildman–Crippen LogP) is 4.36. The second-order valence-corrected chi connectivity index (χ2v) is 7.13. The zero-order valence-electron chi connectivity index (χ0n) is 15.1. The van der Waals surface area contributed by atoms with E-state index in [-0.39, 0.29) is 18.1 Å². The zero-order valence-corrected chi connectivity index (χ0v) is 15.9. The zero-order chi connectivity index (χ0) is 18.4. The minimum atomic E-state index is -0.157. The molecule has 3 rings (SSSR count). The first-order valence-corrected chi connectivity index (χ1v) is 9.81. The van der Waals surface area contributed by atoms with Crippen LogP contribution >= 0.6 is 11.3 Å². The lowest BCUT2D eigenvalue weighted by molar-refractivity contribution is -0.117. The fourth-order valence-electron chi connectivity index (χ4n) is 3.05. The van der Waals surface area contributed by atoms with E-state index in [4.69, 9.17) is 9.47 Å². The van der Waals surface area contributed by atoms with E-state index in [0.29, 0.717) is 5.75 Å². The molecule has 138 valence electrons. The Morgan fingerprint density at radius 1 is 1.35 bits per heavy atom. The highest BCUT2D eigenvalue weighted by atomic mass is 32.1. The average molecular weight is 372 g/mol. The number of methoxy groups -OCH3 is 1. The van der Waals surface area contributed by atoms with E-state index >= 15 is 0 Å². The molecule has 0 bridgehead atoms. The number of thiazole rings is 1. The molecule has 0 spiro atoms. The Morgan fingerprint density at radius 2 is 2.15 bits per heavy atom. The molecule has 1 unspecified atom stereocenters. The van der Waals surface area contributed by atoms with Crippen LogP contribution in [0.5, 0.6) is 11.5 Å². The van der Waals surface area contributed by atoms with Gasteiger partial charge >= 0.3 is 0 Å². The van der Waals surface area contributed by atoms with Gasteiger partial charge in [-0.2, -0.15) is 0 Å². The number of amides is 1. The van der Waals surface area contributed by atoms with Gasteiger partial charge in [-0.1, -0.05) is 6.07 Å². The molecule has 5 nitrogen and oxygen atoms in total. The van der Waals surface area contributed by atoms with E-state index in [1.165, 1.54) is 30.3 Å². The lowest BCUT2D eigenvalue weighted by Crippen LogP contribution is -2.24. The van der Waals surface area contributed by atoms with Gasteiger partial charge in [0.1, 0.15) is 0 Å². The van der Waals surface area contributed by atoms with Gasteiger partial charge in [0.15, 0.2) is 11.5 Å². The molecule has 1 heterocycles. The van der Waals surface area contributed by atoms with Gasteiger partial charge in [-0.3, -0.25) is 4.79 Å². The molecule has 1 amide bonds. The summed E-state index contributed by atoms with van der Waals surface area (Å²) >= 11 is 1.50. The van der Waals surface area contributed by atoms with Crippen molar-refractivity contribution in [3.05, 3.63) is 46.4 Å². The van der Waals surface area contributed by atoms with Gasteiger partial charge in [0.25, 0.3) is 0 Å². The van der Waals surface area contributed by atoms with Gasteiger partial charge in [-0.15, -0.1) is 11.3 Å². The smallest absolute Gasteiger partial charge is 0.244 e. The van der Waals surface area contributed by atoms with E-state index in [1.807, 2.05) is 30.5 Å². The van der Waals surface area contributed by atoms with Crippen LogP contribution in [0.4, 0.5) is 0 Å². The maximum atomic E-state index is 12.1. The Balaban J connectivity index is 1.62. The van der Waals surface area contributed by atoms with Crippen LogP contribution in [0.3, 0.4) is 0 Å². The van der Waals surface area contributed by atoms with Gasteiger partial charge in [-0.05, 0) is 56.4 Å². The molecule has 1 N–H and O–H groups in total. The molecule has 26 heavy (non-hydrogen) atoms. The summed E-state index contributed by atoms with van der Waals surface area (Å²) in [5.41, 5.74) is 3.49. The van der Waals surface area contributed by atoms with Crippen LogP contribution in [0.1, 0.15) is 49.9 Å². The molecular formula is C20H24N2O3S. The van der Waals surface area contributed by atoms with E-state index in [1.54, 1.807) is 18.7 Å². The fourth-order valence-corrected chi connectivity index (χ4v) is 3.57. The molecule has 1 aromatic carbocycles. The van der Waals surface area contributed by atoms with Crippen molar-refractivity contribution in [1.29, 1.82) is 0 Å². The summed E-state index contributed by atoms with van der Waals surface area (Å²) in [6.45, 7) is 1.95. The summed E-state index contributed by atoms with van der Waals surface area (Å²) < 4.78 is 11.6. The molecular weight excluding hydrogens is 348 g/mol. The number of aromatic nitrogens is 1. The number of nitrogens with one attached hydrogen (secondary N) is 1. The molecule has 1 saturated carbocycles. The SMILES string of the molecule is COc1cc(C(C)NC(=O)/C=C/c2cscn2)ccc1OC1CCCC1. The second kappa shape index (κ2) is 8.85. The molecule has 1 fully saturated rings. The average Bonchev–Trinajstić information content (AvgIpc) is 3.34. The Hall–Kier alpha value is -2.34. The monoisotopic (exact) mass is 372 g/mol. The van der Waals surface area contributed by atoms with E-state index in [2.05, 4.69) is 10.3 Å². The maximum Gasteiger partial charge on any atom is 0.244 e. The number of carbonyl (C=O) groups excluding carboxylic acids is 1. The maximum absolute atomic E-state index is 12.1. The Kier molecular flexibility index (Phi) is 6.28. The van der Waals surface area contributed by atoms with Crippen molar-refractivity contribution >= 4 is 23.3 Å². The quantitative estimate of drug-likeness (QED) is 0.734. The summed E-state index contributed by atoms with van der Waals surface area (Å²) in [6, 6.07) is 5.69. The normalized spacial score (nSPS) is 15.9. The molecule has 0 saturated heterocycles. The van der Waals surface area contributed by atoms with Crippen LogP contribution in [0.15, 0.2) is 35.2 Å². The summed E-state index contributed by atoms with van der Waals surface area (Å²) in [5, 5.41) is 4.85. The third-order valence-corrected chi connectivity index (χ3v) is 5.10. The van der Waals surface area contributed by atoms with Gasteiger partial charge in [0.05, 0.1) is 30.5 Å². The minimum Gasteiger partial charge on any atom is -0.493 e. The fraction of sp³-hybridized carbons (Fsp3) is 0.400. The van der Waals surface area contributed by atoms with Gasteiger partial charge < -0.3 is 14.8 Å². The molecule has 6 heteroatoms. The molecule has 1 atom stereocenters. The Labute approximate surface area is 158 Å². The first-order chi connectivity index (χ1) is 12.7. The largest absolute Gasteiger partial charge is 0.493 e. The van der Waals surface area contributed by atoms with Crippen molar-refractivity contribution in [3.63, 3.8) is 0 Å². The summed E-state index contributed by atoms with van der Waals surface area (Å²) in [7, 11) is 1.64.